The molecule has 0 unspecified atom stereocenters. The summed E-state index contributed by atoms with van der Waals surface area (Å²) in [6.07, 6.45) is -6.27. The van der Waals surface area contributed by atoms with Crippen LogP contribution in [0, 0.1) is 30.8 Å². The SMILES string of the molecule is C[C@@H]([C]1[CH][CH][CH][C]1P(c1cc(C(F)(F)F)cc(C(F)(F)F)c1)c1cc(C(F)(F)F)cc(C(F)(F)F)c1)P(C1CCCCC1)C1CCCCC1. The van der Waals surface area contributed by atoms with Gasteiger partial charge in [0.05, 0.1) is 22.3 Å². The van der Waals surface area contributed by atoms with Gasteiger partial charge < -0.3 is 0 Å². The van der Waals surface area contributed by atoms with Crippen molar-refractivity contribution in [2.24, 2.45) is 0 Å². The van der Waals surface area contributed by atoms with E-state index in [0.29, 0.717) is 41.5 Å². The van der Waals surface area contributed by atoms with Crippen LogP contribution in [0.2, 0.25) is 0 Å². The number of halogens is 12. The lowest BCUT2D eigenvalue weighted by atomic mass is 9.99. The minimum atomic E-state index is -5.28. The summed E-state index contributed by atoms with van der Waals surface area (Å²) in [4.78, 5) is 0. The molecule has 0 nitrogen and oxygen atoms in total. The molecule has 5 rings (SSSR count). The summed E-state index contributed by atoms with van der Waals surface area (Å²) in [7, 11) is -3.56. The number of rotatable bonds is 7. The average Bonchev–Trinajstić information content (AvgIpc) is 3.50. The van der Waals surface area contributed by atoms with Gasteiger partial charge in [0.2, 0.25) is 0 Å². The molecular formula is C35H35F12P2. The van der Waals surface area contributed by atoms with E-state index in [4.69, 9.17) is 0 Å². The highest BCUT2D eigenvalue weighted by Crippen LogP contribution is 2.67. The predicted molar refractivity (Wildman–Crippen MR) is 169 cm³/mol. The first-order chi connectivity index (χ1) is 22.7. The van der Waals surface area contributed by atoms with Gasteiger partial charge in [-0.05, 0) is 123 Å². The summed E-state index contributed by atoms with van der Waals surface area (Å²) < 4.78 is 169. The van der Waals surface area contributed by atoms with Crippen LogP contribution >= 0.6 is 15.8 Å². The third-order valence-electron chi connectivity index (χ3n) is 9.62. The second-order valence-electron chi connectivity index (χ2n) is 12.9. The van der Waals surface area contributed by atoms with Gasteiger partial charge >= 0.3 is 24.7 Å². The highest BCUT2D eigenvalue weighted by molar-refractivity contribution is 7.76. The van der Waals surface area contributed by atoms with E-state index >= 15 is 0 Å². The summed E-state index contributed by atoms with van der Waals surface area (Å²) in [5.74, 6) is 0.560. The first kappa shape index (κ1) is 38.7. The smallest absolute Gasteiger partial charge is 0.166 e. The van der Waals surface area contributed by atoms with E-state index < -0.39 is 73.4 Å². The average molecular weight is 746 g/mol. The topological polar surface area (TPSA) is 0 Å². The van der Waals surface area contributed by atoms with Crippen molar-refractivity contribution in [2.75, 3.05) is 0 Å². The minimum Gasteiger partial charge on any atom is -0.166 e. The fraction of sp³-hybridized carbons (Fsp3) is 0.514. The van der Waals surface area contributed by atoms with Crippen LogP contribution in [0.5, 0.6) is 0 Å². The van der Waals surface area contributed by atoms with Crippen molar-refractivity contribution in [3.63, 3.8) is 0 Å². The van der Waals surface area contributed by atoms with Gasteiger partial charge in [-0.2, -0.15) is 52.7 Å². The fourth-order valence-electron chi connectivity index (χ4n) is 7.39. The highest BCUT2D eigenvalue weighted by atomic mass is 31.1. The Morgan fingerprint density at radius 2 is 0.857 bits per heavy atom. The summed E-state index contributed by atoms with van der Waals surface area (Å²) in [5, 5.41) is -1.27. The molecule has 2 aromatic rings. The Hall–Kier alpha value is -1.54. The molecule has 3 aliphatic rings. The van der Waals surface area contributed by atoms with Crippen molar-refractivity contribution in [3.8, 4) is 0 Å². The number of hydrogen-bond acceptors (Lipinski definition) is 0. The molecule has 0 heterocycles. The lowest BCUT2D eigenvalue weighted by Gasteiger charge is -2.45. The van der Waals surface area contributed by atoms with E-state index in [-0.39, 0.29) is 23.5 Å². The van der Waals surface area contributed by atoms with Crippen molar-refractivity contribution in [3.05, 3.63) is 89.5 Å². The van der Waals surface area contributed by atoms with Gasteiger partial charge in [-0.15, -0.1) is 0 Å². The van der Waals surface area contributed by atoms with E-state index in [1.165, 1.54) is 6.42 Å². The number of alkyl halides is 12. The van der Waals surface area contributed by atoms with Gasteiger partial charge in [0.15, 0.2) is 0 Å². The van der Waals surface area contributed by atoms with Gasteiger partial charge in [-0.3, -0.25) is 0 Å². The zero-order valence-corrected chi connectivity index (χ0v) is 28.2. The van der Waals surface area contributed by atoms with Crippen LogP contribution in [-0.4, -0.2) is 17.0 Å². The minimum absolute atomic E-state index is 0.0930. The summed E-state index contributed by atoms with van der Waals surface area (Å²) in [6, 6.07) is 1.54. The second-order valence-corrected chi connectivity index (χ2v) is 18.3. The number of hydrogen-bond donors (Lipinski definition) is 0. The summed E-state index contributed by atoms with van der Waals surface area (Å²) in [5.41, 5.74) is -6.14. The quantitative estimate of drug-likeness (QED) is 0.196. The molecule has 2 aromatic carbocycles. The zero-order chi connectivity index (χ0) is 35.9. The van der Waals surface area contributed by atoms with E-state index in [1.807, 2.05) is 6.92 Å². The largest absolute Gasteiger partial charge is 0.416 e. The van der Waals surface area contributed by atoms with Gasteiger partial charge in [0.25, 0.3) is 0 Å². The van der Waals surface area contributed by atoms with Crippen molar-refractivity contribution in [1.82, 2.24) is 0 Å². The van der Waals surface area contributed by atoms with Gasteiger partial charge in [0.1, 0.15) is 0 Å². The zero-order valence-electron chi connectivity index (χ0n) is 26.4. The fourth-order valence-corrected chi connectivity index (χ4v) is 14.5. The third kappa shape index (κ3) is 9.10. The lowest BCUT2D eigenvalue weighted by Crippen LogP contribution is -2.31. The molecule has 49 heavy (non-hydrogen) atoms. The third-order valence-corrected chi connectivity index (χ3v) is 15.9. The molecule has 3 fully saturated rings. The molecule has 0 amide bonds. The van der Waals surface area contributed by atoms with Crippen molar-refractivity contribution in [1.29, 1.82) is 0 Å². The molecule has 0 aliphatic heterocycles. The second kappa shape index (κ2) is 14.8. The summed E-state index contributed by atoms with van der Waals surface area (Å²) in [6.45, 7) is 1.96. The molecule has 5 radical (unpaired) electrons. The van der Waals surface area contributed by atoms with Crippen LogP contribution in [0.4, 0.5) is 52.7 Å². The Balaban J connectivity index is 1.71. The van der Waals surface area contributed by atoms with E-state index in [9.17, 15) is 52.7 Å². The molecule has 0 saturated heterocycles. The van der Waals surface area contributed by atoms with E-state index in [2.05, 4.69) is 0 Å². The van der Waals surface area contributed by atoms with Crippen molar-refractivity contribution < 1.29 is 52.7 Å². The Labute approximate surface area is 281 Å². The number of benzene rings is 2. The summed E-state index contributed by atoms with van der Waals surface area (Å²) >= 11 is 0. The van der Waals surface area contributed by atoms with Crippen LogP contribution in [0.1, 0.15) is 93.4 Å². The van der Waals surface area contributed by atoms with Gasteiger partial charge in [-0.25, -0.2) is 0 Å². The van der Waals surface area contributed by atoms with Crippen LogP contribution in [-0.2, 0) is 24.7 Å². The van der Waals surface area contributed by atoms with Crippen LogP contribution in [0.25, 0.3) is 0 Å². The monoisotopic (exact) mass is 745 g/mol. The molecule has 0 spiro atoms. The molecule has 14 heteroatoms. The van der Waals surface area contributed by atoms with Crippen LogP contribution < -0.4 is 10.6 Å². The molecule has 3 saturated carbocycles. The van der Waals surface area contributed by atoms with Gasteiger partial charge in [-0.1, -0.05) is 53.4 Å². The highest BCUT2D eigenvalue weighted by Gasteiger charge is 2.48. The predicted octanol–water partition coefficient (Wildman–Crippen LogP) is 12.5. The van der Waals surface area contributed by atoms with Gasteiger partial charge in [0, 0.05) is 5.66 Å². The molecule has 269 valence electrons. The first-order valence-corrected chi connectivity index (χ1v) is 19.1. The standard InChI is InChI=1S/C35H35F12P2/c1-21(48(26-9-4-2-5-10-26)27-11-6-3-7-12-27)30-13-8-14-31(30)49(28-17-22(32(36,37)38)15-23(18-28)33(39,40)41)29-19-24(34(42,43)44)16-25(20-29)35(45,46)47/h8,13-21,26-27H,2-7,9-12H2,1H3/t21-/m0/s1. The van der Waals surface area contributed by atoms with E-state index in [1.54, 1.807) is 12.8 Å². The molecule has 0 aromatic heterocycles. The Morgan fingerprint density at radius 1 is 0.510 bits per heavy atom. The maximum Gasteiger partial charge on any atom is 0.416 e. The molecular weight excluding hydrogens is 710 g/mol. The molecule has 0 N–H and O–H groups in total. The lowest BCUT2D eigenvalue weighted by molar-refractivity contribution is -0.144. The molecule has 0 bridgehead atoms. The van der Waals surface area contributed by atoms with E-state index in [0.717, 1.165) is 64.2 Å². The normalized spacial score (nSPS) is 20.9. The first-order valence-electron chi connectivity index (χ1n) is 16.2. The van der Waals surface area contributed by atoms with Crippen LogP contribution in [0.3, 0.4) is 0 Å². The molecule has 3 aliphatic carbocycles. The van der Waals surface area contributed by atoms with Crippen molar-refractivity contribution in [2.45, 2.75) is 113 Å². The van der Waals surface area contributed by atoms with Crippen molar-refractivity contribution >= 4 is 26.5 Å². The Bertz CT molecular complexity index is 1260. The maximum atomic E-state index is 14.1. The van der Waals surface area contributed by atoms with Crippen LogP contribution in [0.15, 0.2) is 36.4 Å². The Kier molecular flexibility index (Phi) is 11.7. The molecule has 1 atom stereocenters. The Morgan fingerprint density at radius 3 is 1.18 bits per heavy atom. The maximum absolute atomic E-state index is 14.1.